The smallest absolute Gasteiger partial charge is 0.260 e. The second-order valence-electron chi connectivity index (χ2n) is 7.77. The van der Waals surface area contributed by atoms with Crippen molar-refractivity contribution in [1.82, 2.24) is 4.90 Å². The number of carbonyl (C=O) groups is 1. The van der Waals surface area contributed by atoms with Gasteiger partial charge in [-0.15, -0.1) is 0 Å². The quantitative estimate of drug-likeness (QED) is 0.572. The summed E-state index contributed by atoms with van der Waals surface area (Å²) < 4.78 is 11.0. The zero-order valence-electron chi connectivity index (χ0n) is 18.0. The van der Waals surface area contributed by atoms with E-state index in [0.717, 1.165) is 32.7 Å². The van der Waals surface area contributed by atoms with Gasteiger partial charge >= 0.3 is 0 Å². The molecule has 7 heteroatoms. The first-order valence-corrected chi connectivity index (χ1v) is 10.8. The molecule has 30 heavy (non-hydrogen) atoms. The van der Waals surface area contributed by atoms with E-state index in [1.165, 1.54) is 22.8 Å². The Morgan fingerprint density at radius 3 is 2.27 bits per heavy atom. The van der Waals surface area contributed by atoms with Crippen LogP contribution in [-0.4, -0.2) is 56.7 Å². The molecule has 162 valence electrons. The largest absolute Gasteiger partial charge is 0.477 e. The highest BCUT2D eigenvalue weighted by Gasteiger charge is 2.24. The van der Waals surface area contributed by atoms with Crippen LogP contribution >= 0.6 is 0 Å². The molecule has 1 aliphatic heterocycles. The van der Waals surface area contributed by atoms with Gasteiger partial charge in [0, 0.05) is 24.7 Å². The molecular weight excluding hydrogens is 382 g/mol. The van der Waals surface area contributed by atoms with Crippen molar-refractivity contribution in [1.29, 1.82) is 0 Å². The lowest BCUT2D eigenvalue weighted by Crippen LogP contribution is -3.27. The Labute approximate surface area is 177 Å². The van der Waals surface area contributed by atoms with Gasteiger partial charge in [0.05, 0.1) is 0 Å². The maximum Gasteiger partial charge on any atom is 0.260 e. The summed E-state index contributed by atoms with van der Waals surface area (Å²) >= 11 is 0. The number of hydrogen-bond donors (Lipinski definition) is 2. The Bertz CT molecular complexity index is 856. The molecule has 0 atom stereocenters. The van der Waals surface area contributed by atoms with Crippen molar-refractivity contribution in [3.63, 3.8) is 0 Å². The summed E-state index contributed by atoms with van der Waals surface area (Å²) in [5.74, 6) is 0.610. The van der Waals surface area contributed by atoms with E-state index >= 15 is 0 Å². The Hall–Kier alpha value is -2.64. The van der Waals surface area contributed by atoms with Gasteiger partial charge in [0.1, 0.15) is 45.5 Å². The first-order chi connectivity index (χ1) is 14.6. The lowest BCUT2D eigenvalue weighted by Gasteiger charge is -2.29. The summed E-state index contributed by atoms with van der Waals surface area (Å²) in [4.78, 5) is 29.0. The van der Waals surface area contributed by atoms with E-state index in [0.29, 0.717) is 25.4 Å². The topological polar surface area (TPSA) is 68.6 Å². The Kier molecular flexibility index (Phi) is 8.04. The molecule has 1 amide bonds. The molecular formula is C23H33N3O4+2. The molecule has 0 unspecified atom stereocenters. The van der Waals surface area contributed by atoms with Crippen molar-refractivity contribution in [2.45, 2.75) is 26.9 Å². The average molecular weight is 416 g/mol. The number of quaternary nitrogens is 2. The van der Waals surface area contributed by atoms with Crippen molar-refractivity contribution in [3.05, 3.63) is 64.2 Å². The molecule has 0 radical (unpaired) electrons. The van der Waals surface area contributed by atoms with Gasteiger partial charge < -0.3 is 23.9 Å². The van der Waals surface area contributed by atoms with Crippen LogP contribution in [0.15, 0.2) is 51.9 Å². The molecule has 0 spiro atoms. The van der Waals surface area contributed by atoms with E-state index in [-0.39, 0.29) is 23.7 Å². The van der Waals surface area contributed by atoms with Crippen molar-refractivity contribution >= 4 is 5.91 Å². The molecule has 1 aromatic carbocycles. The fourth-order valence-corrected chi connectivity index (χ4v) is 3.89. The SMILES string of the molecule is CCN(CC)C(=O)COc1coc(C[NH+]2CC[NH+](Cc3ccccc3)CC2)cc1=O. The second-order valence-corrected chi connectivity index (χ2v) is 7.77. The van der Waals surface area contributed by atoms with Crippen molar-refractivity contribution in [3.8, 4) is 5.75 Å². The highest BCUT2D eigenvalue weighted by molar-refractivity contribution is 5.77. The number of nitrogens with zero attached hydrogens (tertiary/aromatic N) is 1. The number of benzene rings is 1. The lowest BCUT2D eigenvalue weighted by molar-refractivity contribution is -1.02. The number of piperazine rings is 1. The highest BCUT2D eigenvalue weighted by atomic mass is 16.5. The number of nitrogens with one attached hydrogen (secondary N) is 2. The van der Waals surface area contributed by atoms with Gasteiger partial charge in [-0.3, -0.25) is 9.59 Å². The van der Waals surface area contributed by atoms with Crippen LogP contribution in [-0.2, 0) is 17.9 Å². The van der Waals surface area contributed by atoms with Crippen LogP contribution in [0.5, 0.6) is 5.75 Å². The minimum absolute atomic E-state index is 0.0892. The zero-order chi connectivity index (χ0) is 21.3. The van der Waals surface area contributed by atoms with E-state index < -0.39 is 0 Å². The van der Waals surface area contributed by atoms with E-state index in [1.807, 2.05) is 19.9 Å². The van der Waals surface area contributed by atoms with Crippen molar-refractivity contribution < 1.29 is 23.7 Å². The minimum Gasteiger partial charge on any atom is -0.477 e. The summed E-state index contributed by atoms with van der Waals surface area (Å²) in [5.41, 5.74) is 1.13. The predicted molar refractivity (Wildman–Crippen MR) is 114 cm³/mol. The number of likely N-dealkylation sites (N-methyl/N-ethyl adjacent to an activating group) is 1. The Morgan fingerprint density at radius 1 is 1.03 bits per heavy atom. The normalized spacial score (nSPS) is 18.7. The Balaban J connectivity index is 1.47. The maximum absolute atomic E-state index is 12.3. The van der Waals surface area contributed by atoms with Gasteiger partial charge in [-0.05, 0) is 13.8 Å². The standard InChI is InChI=1S/C23H31N3O4/c1-3-26(4-2)23(28)18-30-22-17-29-20(14-21(22)27)16-25-12-10-24(11-13-25)15-19-8-6-5-7-9-19/h5-9,14,17H,3-4,10-13,15-16,18H2,1-2H3/p+2. The third-order valence-electron chi connectivity index (χ3n) is 5.70. The monoisotopic (exact) mass is 415 g/mol. The van der Waals surface area contributed by atoms with Gasteiger partial charge in [0.15, 0.2) is 12.4 Å². The maximum atomic E-state index is 12.3. The summed E-state index contributed by atoms with van der Waals surface area (Å²) in [6.45, 7) is 10.9. The van der Waals surface area contributed by atoms with Gasteiger partial charge in [-0.1, -0.05) is 30.3 Å². The fourth-order valence-electron chi connectivity index (χ4n) is 3.89. The van der Waals surface area contributed by atoms with Crippen LogP contribution in [0.4, 0.5) is 0 Å². The molecule has 1 fully saturated rings. The molecule has 0 saturated carbocycles. The van der Waals surface area contributed by atoms with Crippen LogP contribution in [0.3, 0.4) is 0 Å². The van der Waals surface area contributed by atoms with E-state index in [1.54, 1.807) is 9.80 Å². The fraction of sp³-hybridized carbons (Fsp3) is 0.478. The van der Waals surface area contributed by atoms with Gasteiger partial charge in [0.2, 0.25) is 11.2 Å². The number of carbonyl (C=O) groups excluding carboxylic acids is 1. The van der Waals surface area contributed by atoms with Crippen LogP contribution in [0, 0.1) is 0 Å². The van der Waals surface area contributed by atoms with Crippen LogP contribution in [0.25, 0.3) is 0 Å². The molecule has 2 aromatic rings. The third-order valence-corrected chi connectivity index (χ3v) is 5.70. The number of rotatable bonds is 9. The van der Waals surface area contributed by atoms with Gasteiger partial charge in [0.25, 0.3) is 5.91 Å². The number of hydrogen-bond acceptors (Lipinski definition) is 4. The Morgan fingerprint density at radius 2 is 1.67 bits per heavy atom. The molecule has 2 heterocycles. The second kappa shape index (κ2) is 10.9. The summed E-state index contributed by atoms with van der Waals surface area (Å²) in [6.07, 6.45) is 1.34. The zero-order valence-corrected chi connectivity index (χ0v) is 18.0. The van der Waals surface area contributed by atoms with Gasteiger partial charge in [-0.2, -0.15) is 0 Å². The van der Waals surface area contributed by atoms with Crippen LogP contribution in [0.1, 0.15) is 25.2 Å². The van der Waals surface area contributed by atoms with Crippen molar-refractivity contribution in [2.24, 2.45) is 0 Å². The molecule has 2 N–H and O–H groups in total. The molecule has 1 saturated heterocycles. The minimum atomic E-state index is -0.240. The number of ether oxygens (including phenoxy) is 1. The third kappa shape index (κ3) is 6.18. The van der Waals surface area contributed by atoms with Crippen molar-refractivity contribution in [2.75, 3.05) is 45.9 Å². The first kappa shape index (κ1) is 22.1. The average Bonchev–Trinajstić information content (AvgIpc) is 2.76. The number of amides is 1. The summed E-state index contributed by atoms with van der Waals surface area (Å²) in [7, 11) is 0. The van der Waals surface area contributed by atoms with E-state index in [4.69, 9.17) is 9.15 Å². The van der Waals surface area contributed by atoms with E-state index in [2.05, 4.69) is 24.3 Å². The lowest BCUT2D eigenvalue weighted by atomic mass is 10.2. The highest BCUT2D eigenvalue weighted by Crippen LogP contribution is 2.06. The molecule has 1 aromatic heterocycles. The predicted octanol–water partition coefficient (Wildman–Crippen LogP) is -0.629. The molecule has 0 aliphatic carbocycles. The molecule has 1 aliphatic rings. The molecule has 0 bridgehead atoms. The van der Waals surface area contributed by atoms with Crippen LogP contribution < -0.4 is 20.0 Å². The summed E-state index contributed by atoms with van der Waals surface area (Å²) in [5, 5.41) is 0. The first-order valence-electron chi connectivity index (χ1n) is 10.8. The van der Waals surface area contributed by atoms with Gasteiger partial charge in [-0.25, -0.2) is 0 Å². The van der Waals surface area contributed by atoms with E-state index in [9.17, 15) is 9.59 Å². The molecule has 3 rings (SSSR count). The van der Waals surface area contributed by atoms with Crippen LogP contribution in [0.2, 0.25) is 0 Å². The summed E-state index contributed by atoms with van der Waals surface area (Å²) in [6, 6.07) is 12.1. The molecule has 7 nitrogen and oxygen atoms in total.